The maximum absolute atomic E-state index is 5.94. The second-order valence-corrected chi connectivity index (χ2v) is 4.62. The zero-order chi connectivity index (χ0) is 11.4. The number of nitrogens with two attached hydrogens (primary N) is 1. The topological polar surface area (TPSA) is 48.1 Å². The smallest absolute Gasteiger partial charge is 0.213 e. The van der Waals surface area contributed by atoms with Crippen LogP contribution in [0.1, 0.15) is 38.2 Å². The highest BCUT2D eigenvalue weighted by molar-refractivity contribution is 5.20. The van der Waals surface area contributed by atoms with Crippen molar-refractivity contribution >= 4 is 0 Å². The molecule has 0 amide bonds. The van der Waals surface area contributed by atoms with Crippen LogP contribution < -0.4 is 10.5 Å². The van der Waals surface area contributed by atoms with Gasteiger partial charge in [0.25, 0.3) is 0 Å². The molecule has 0 aromatic carbocycles. The van der Waals surface area contributed by atoms with Gasteiger partial charge in [0.15, 0.2) is 0 Å². The lowest BCUT2D eigenvalue weighted by Gasteiger charge is -2.28. The van der Waals surface area contributed by atoms with Crippen LogP contribution in [0.2, 0.25) is 0 Å². The molecule has 2 rings (SSSR count). The van der Waals surface area contributed by atoms with Gasteiger partial charge >= 0.3 is 0 Å². The maximum Gasteiger partial charge on any atom is 0.213 e. The Balaban J connectivity index is 2.01. The first-order valence-electron chi connectivity index (χ1n) is 6.11. The van der Waals surface area contributed by atoms with Crippen molar-refractivity contribution in [2.24, 2.45) is 11.7 Å². The first kappa shape index (κ1) is 11.4. The molecule has 1 heterocycles. The van der Waals surface area contributed by atoms with Crippen molar-refractivity contribution < 1.29 is 4.74 Å². The van der Waals surface area contributed by atoms with Crippen molar-refractivity contribution in [1.29, 1.82) is 0 Å². The van der Waals surface area contributed by atoms with E-state index in [0.717, 1.165) is 17.9 Å². The summed E-state index contributed by atoms with van der Waals surface area (Å²) in [6.45, 7) is 2.80. The van der Waals surface area contributed by atoms with E-state index in [1.54, 1.807) is 6.20 Å². The molecule has 3 heteroatoms. The van der Waals surface area contributed by atoms with Gasteiger partial charge in [-0.25, -0.2) is 4.98 Å². The fourth-order valence-electron chi connectivity index (χ4n) is 2.25. The fraction of sp³-hybridized carbons (Fsp3) is 0.615. The SMILES string of the molecule is CC1CCCCC1Oc1cc(CN)ccn1. The molecule has 88 valence electrons. The van der Waals surface area contributed by atoms with Crippen molar-refractivity contribution in [1.82, 2.24) is 4.98 Å². The van der Waals surface area contributed by atoms with Crippen LogP contribution in [0.3, 0.4) is 0 Å². The van der Waals surface area contributed by atoms with E-state index in [2.05, 4.69) is 11.9 Å². The van der Waals surface area contributed by atoms with E-state index >= 15 is 0 Å². The Bertz CT molecular complexity index is 340. The van der Waals surface area contributed by atoms with E-state index in [-0.39, 0.29) is 0 Å². The Morgan fingerprint density at radius 2 is 2.25 bits per heavy atom. The zero-order valence-electron chi connectivity index (χ0n) is 9.86. The first-order valence-corrected chi connectivity index (χ1v) is 6.11. The highest BCUT2D eigenvalue weighted by Gasteiger charge is 2.23. The van der Waals surface area contributed by atoms with E-state index in [9.17, 15) is 0 Å². The average molecular weight is 220 g/mol. The van der Waals surface area contributed by atoms with Gasteiger partial charge in [0.2, 0.25) is 5.88 Å². The lowest BCUT2D eigenvalue weighted by Crippen LogP contribution is -2.28. The molecule has 1 fully saturated rings. The van der Waals surface area contributed by atoms with Crippen LogP contribution in [0.15, 0.2) is 18.3 Å². The normalized spacial score (nSPS) is 25.4. The van der Waals surface area contributed by atoms with Gasteiger partial charge in [-0.15, -0.1) is 0 Å². The van der Waals surface area contributed by atoms with Crippen LogP contribution in [-0.4, -0.2) is 11.1 Å². The Labute approximate surface area is 97.0 Å². The molecule has 0 aliphatic heterocycles. The third-order valence-electron chi connectivity index (χ3n) is 3.34. The van der Waals surface area contributed by atoms with Gasteiger partial charge < -0.3 is 10.5 Å². The van der Waals surface area contributed by atoms with E-state index in [0.29, 0.717) is 18.6 Å². The van der Waals surface area contributed by atoms with Gasteiger partial charge in [0.05, 0.1) is 0 Å². The van der Waals surface area contributed by atoms with Gasteiger partial charge in [-0.3, -0.25) is 0 Å². The van der Waals surface area contributed by atoms with Gasteiger partial charge in [-0.2, -0.15) is 0 Å². The summed E-state index contributed by atoms with van der Waals surface area (Å²) in [5.41, 5.74) is 6.67. The minimum Gasteiger partial charge on any atom is -0.474 e. The van der Waals surface area contributed by atoms with E-state index in [4.69, 9.17) is 10.5 Å². The Morgan fingerprint density at radius 3 is 3.00 bits per heavy atom. The minimum atomic E-state index is 0.328. The number of nitrogens with zero attached hydrogens (tertiary/aromatic N) is 1. The average Bonchev–Trinajstić information content (AvgIpc) is 2.32. The standard InChI is InChI=1S/C13H20N2O/c1-10-4-2-3-5-12(10)16-13-8-11(9-14)6-7-15-13/h6-8,10,12H,2-5,9,14H2,1H3. The van der Waals surface area contributed by atoms with Crippen LogP contribution in [0.4, 0.5) is 0 Å². The molecular weight excluding hydrogens is 200 g/mol. The highest BCUT2D eigenvalue weighted by Crippen LogP contribution is 2.27. The van der Waals surface area contributed by atoms with Crippen LogP contribution in [0.25, 0.3) is 0 Å². The summed E-state index contributed by atoms with van der Waals surface area (Å²) in [6, 6.07) is 3.87. The molecule has 16 heavy (non-hydrogen) atoms. The molecule has 3 nitrogen and oxygen atoms in total. The number of aromatic nitrogens is 1. The Kier molecular flexibility index (Phi) is 3.78. The predicted octanol–water partition coefficient (Wildman–Crippen LogP) is 2.50. The molecule has 2 unspecified atom stereocenters. The maximum atomic E-state index is 5.94. The molecule has 0 radical (unpaired) electrons. The summed E-state index contributed by atoms with van der Waals surface area (Å²) in [5, 5.41) is 0. The van der Waals surface area contributed by atoms with Gasteiger partial charge in [0, 0.05) is 18.8 Å². The third kappa shape index (κ3) is 2.73. The van der Waals surface area contributed by atoms with Gasteiger partial charge in [0.1, 0.15) is 6.10 Å². The molecule has 2 atom stereocenters. The quantitative estimate of drug-likeness (QED) is 0.851. The summed E-state index contributed by atoms with van der Waals surface area (Å²) < 4.78 is 5.94. The largest absolute Gasteiger partial charge is 0.474 e. The summed E-state index contributed by atoms with van der Waals surface area (Å²) in [6.07, 6.45) is 7.11. The molecule has 0 saturated heterocycles. The number of rotatable bonds is 3. The number of hydrogen-bond donors (Lipinski definition) is 1. The molecule has 2 N–H and O–H groups in total. The molecule has 0 spiro atoms. The number of pyridine rings is 1. The van der Waals surface area contributed by atoms with Crippen LogP contribution in [0, 0.1) is 5.92 Å². The minimum absolute atomic E-state index is 0.328. The summed E-state index contributed by atoms with van der Waals surface area (Å²) in [4.78, 5) is 4.24. The Hall–Kier alpha value is -1.09. The van der Waals surface area contributed by atoms with Crippen molar-refractivity contribution in [3.63, 3.8) is 0 Å². The third-order valence-corrected chi connectivity index (χ3v) is 3.34. The summed E-state index contributed by atoms with van der Waals surface area (Å²) in [7, 11) is 0. The van der Waals surface area contributed by atoms with Crippen LogP contribution in [-0.2, 0) is 6.54 Å². The van der Waals surface area contributed by atoms with E-state index in [1.807, 2.05) is 12.1 Å². The van der Waals surface area contributed by atoms with Crippen molar-refractivity contribution in [2.75, 3.05) is 0 Å². The van der Waals surface area contributed by atoms with E-state index in [1.165, 1.54) is 19.3 Å². The molecule has 1 aromatic rings. The highest BCUT2D eigenvalue weighted by atomic mass is 16.5. The summed E-state index contributed by atoms with van der Waals surface area (Å²) in [5.74, 6) is 1.36. The summed E-state index contributed by atoms with van der Waals surface area (Å²) >= 11 is 0. The molecule has 1 aliphatic rings. The molecule has 0 bridgehead atoms. The molecular formula is C13H20N2O. The molecule has 1 aromatic heterocycles. The Morgan fingerprint density at radius 1 is 1.44 bits per heavy atom. The second kappa shape index (κ2) is 5.30. The number of hydrogen-bond acceptors (Lipinski definition) is 3. The van der Waals surface area contributed by atoms with Crippen molar-refractivity contribution in [2.45, 2.75) is 45.3 Å². The monoisotopic (exact) mass is 220 g/mol. The first-order chi connectivity index (χ1) is 7.79. The predicted molar refractivity (Wildman–Crippen MR) is 64.2 cm³/mol. The number of ether oxygens (including phenoxy) is 1. The lowest BCUT2D eigenvalue weighted by atomic mass is 9.88. The zero-order valence-corrected chi connectivity index (χ0v) is 9.86. The fourth-order valence-corrected chi connectivity index (χ4v) is 2.25. The molecule has 1 aliphatic carbocycles. The lowest BCUT2D eigenvalue weighted by molar-refractivity contribution is 0.0975. The molecule has 1 saturated carbocycles. The van der Waals surface area contributed by atoms with Crippen molar-refractivity contribution in [3.05, 3.63) is 23.9 Å². The van der Waals surface area contributed by atoms with Crippen LogP contribution >= 0.6 is 0 Å². The van der Waals surface area contributed by atoms with E-state index < -0.39 is 0 Å². The van der Waals surface area contributed by atoms with Gasteiger partial charge in [-0.1, -0.05) is 13.3 Å². The van der Waals surface area contributed by atoms with Crippen LogP contribution in [0.5, 0.6) is 5.88 Å². The van der Waals surface area contributed by atoms with Crippen molar-refractivity contribution in [3.8, 4) is 5.88 Å². The van der Waals surface area contributed by atoms with Gasteiger partial charge in [-0.05, 0) is 36.8 Å². The second-order valence-electron chi connectivity index (χ2n) is 4.62.